The molecule has 5 heteroatoms. The lowest BCUT2D eigenvalue weighted by atomic mass is 10.2. The van der Waals surface area contributed by atoms with E-state index in [1.54, 1.807) is 0 Å². The van der Waals surface area contributed by atoms with Crippen LogP contribution in [0.2, 0.25) is 0 Å². The van der Waals surface area contributed by atoms with E-state index in [2.05, 4.69) is 34.1 Å². The van der Waals surface area contributed by atoms with Crippen molar-refractivity contribution in [3.05, 3.63) is 35.4 Å². The minimum Gasteiger partial charge on any atom is -0.464 e. The SMILES string of the molecule is Cc1noc(CCCN(Cc2ccc([C@H]3C[C@@H]3C)o2)C2CC2)n1. The topological polar surface area (TPSA) is 55.3 Å². The second kappa shape index (κ2) is 6.11. The van der Waals surface area contributed by atoms with Crippen LogP contribution in [-0.2, 0) is 13.0 Å². The van der Waals surface area contributed by atoms with Gasteiger partial charge in [0.05, 0.1) is 6.54 Å². The van der Waals surface area contributed by atoms with Gasteiger partial charge in [0, 0.05) is 18.4 Å². The van der Waals surface area contributed by atoms with E-state index in [0.29, 0.717) is 5.92 Å². The summed E-state index contributed by atoms with van der Waals surface area (Å²) < 4.78 is 11.3. The Balaban J connectivity index is 1.30. The van der Waals surface area contributed by atoms with Crippen LogP contribution in [-0.4, -0.2) is 27.6 Å². The zero-order chi connectivity index (χ0) is 15.8. The molecule has 0 spiro atoms. The Bertz CT molecular complexity index is 659. The molecule has 4 rings (SSSR count). The maximum Gasteiger partial charge on any atom is 0.226 e. The monoisotopic (exact) mass is 315 g/mol. The van der Waals surface area contributed by atoms with Crippen molar-refractivity contribution < 1.29 is 8.94 Å². The molecule has 124 valence electrons. The predicted octanol–water partition coefficient (Wildman–Crippen LogP) is 3.69. The first-order chi connectivity index (χ1) is 11.2. The van der Waals surface area contributed by atoms with Gasteiger partial charge in [0.15, 0.2) is 5.82 Å². The maximum absolute atomic E-state index is 6.07. The van der Waals surface area contributed by atoms with E-state index >= 15 is 0 Å². The summed E-state index contributed by atoms with van der Waals surface area (Å²) in [6, 6.07) is 5.07. The first-order valence-electron chi connectivity index (χ1n) is 8.81. The average molecular weight is 315 g/mol. The summed E-state index contributed by atoms with van der Waals surface area (Å²) in [5, 5.41) is 3.85. The fourth-order valence-electron chi connectivity index (χ4n) is 3.30. The van der Waals surface area contributed by atoms with Crippen LogP contribution in [0, 0.1) is 12.8 Å². The molecule has 2 aliphatic carbocycles. The highest BCUT2D eigenvalue weighted by atomic mass is 16.5. The zero-order valence-electron chi connectivity index (χ0n) is 14.0. The van der Waals surface area contributed by atoms with E-state index in [-0.39, 0.29) is 0 Å². The highest BCUT2D eigenvalue weighted by molar-refractivity contribution is 5.17. The van der Waals surface area contributed by atoms with E-state index in [1.807, 2.05) is 6.92 Å². The zero-order valence-corrected chi connectivity index (χ0v) is 14.0. The summed E-state index contributed by atoms with van der Waals surface area (Å²) >= 11 is 0. The third-order valence-corrected chi connectivity index (χ3v) is 4.99. The molecule has 2 atom stereocenters. The van der Waals surface area contributed by atoms with Gasteiger partial charge in [-0.05, 0) is 57.2 Å². The van der Waals surface area contributed by atoms with Crippen LogP contribution < -0.4 is 0 Å². The molecule has 0 amide bonds. The number of hydrogen-bond acceptors (Lipinski definition) is 5. The Morgan fingerprint density at radius 1 is 1.30 bits per heavy atom. The van der Waals surface area contributed by atoms with Crippen molar-refractivity contribution >= 4 is 0 Å². The minimum atomic E-state index is 0.666. The maximum atomic E-state index is 6.07. The molecule has 23 heavy (non-hydrogen) atoms. The number of hydrogen-bond donors (Lipinski definition) is 0. The first kappa shape index (κ1) is 14.9. The van der Waals surface area contributed by atoms with Crippen molar-refractivity contribution in [3.63, 3.8) is 0 Å². The van der Waals surface area contributed by atoms with Gasteiger partial charge >= 0.3 is 0 Å². The van der Waals surface area contributed by atoms with Crippen molar-refractivity contribution in [2.45, 2.75) is 64.5 Å². The lowest BCUT2D eigenvalue weighted by Gasteiger charge is -2.20. The van der Waals surface area contributed by atoms with E-state index < -0.39 is 0 Å². The van der Waals surface area contributed by atoms with Gasteiger partial charge in [-0.25, -0.2) is 0 Å². The van der Waals surface area contributed by atoms with Gasteiger partial charge in [0.25, 0.3) is 0 Å². The normalized spacial score (nSPS) is 23.6. The molecule has 2 fully saturated rings. The molecule has 2 aromatic heterocycles. The van der Waals surface area contributed by atoms with Crippen LogP contribution in [0.3, 0.4) is 0 Å². The minimum absolute atomic E-state index is 0.666. The Labute approximate surface area is 137 Å². The van der Waals surface area contributed by atoms with Crippen LogP contribution in [0.1, 0.15) is 61.8 Å². The molecule has 2 aromatic rings. The number of nitrogens with zero attached hydrogens (tertiary/aromatic N) is 3. The molecular formula is C18H25N3O2. The Morgan fingerprint density at radius 3 is 2.78 bits per heavy atom. The van der Waals surface area contributed by atoms with Crippen molar-refractivity contribution in [2.24, 2.45) is 5.92 Å². The average Bonchev–Trinajstić information content (AvgIpc) is 3.41. The third kappa shape index (κ3) is 3.66. The molecule has 2 aliphatic rings. The Morgan fingerprint density at radius 2 is 2.13 bits per heavy atom. The van der Waals surface area contributed by atoms with Crippen LogP contribution >= 0.6 is 0 Å². The molecule has 0 bridgehead atoms. The highest BCUT2D eigenvalue weighted by Crippen LogP contribution is 2.47. The lowest BCUT2D eigenvalue weighted by Crippen LogP contribution is -2.26. The summed E-state index contributed by atoms with van der Waals surface area (Å²) in [6.45, 7) is 6.14. The van der Waals surface area contributed by atoms with Crippen LogP contribution in [0.25, 0.3) is 0 Å². The van der Waals surface area contributed by atoms with Crippen LogP contribution in [0.15, 0.2) is 21.1 Å². The molecule has 2 saturated carbocycles. The van der Waals surface area contributed by atoms with Crippen LogP contribution in [0.4, 0.5) is 0 Å². The van der Waals surface area contributed by atoms with Crippen molar-refractivity contribution in [1.29, 1.82) is 0 Å². The predicted molar refractivity (Wildman–Crippen MR) is 86.0 cm³/mol. The van der Waals surface area contributed by atoms with Gasteiger partial charge in [-0.1, -0.05) is 12.1 Å². The van der Waals surface area contributed by atoms with Crippen molar-refractivity contribution in [3.8, 4) is 0 Å². The molecule has 0 aromatic carbocycles. The summed E-state index contributed by atoms with van der Waals surface area (Å²) in [7, 11) is 0. The fraction of sp³-hybridized carbons (Fsp3) is 0.667. The first-order valence-corrected chi connectivity index (χ1v) is 8.81. The third-order valence-electron chi connectivity index (χ3n) is 4.99. The van der Waals surface area contributed by atoms with E-state index in [4.69, 9.17) is 8.94 Å². The number of rotatable bonds is 8. The molecule has 0 aliphatic heterocycles. The summed E-state index contributed by atoms with van der Waals surface area (Å²) in [4.78, 5) is 6.82. The second-order valence-electron chi connectivity index (χ2n) is 7.16. The Kier molecular flexibility index (Phi) is 3.97. The van der Waals surface area contributed by atoms with Crippen LogP contribution in [0.5, 0.6) is 0 Å². The van der Waals surface area contributed by atoms with Gasteiger partial charge in [0.2, 0.25) is 5.89 Å². The van der Waals surface area contributed by atoms with Gasteiger partial charge < -0.3 is 8.94 Å². The molecule has 0 radical (unpaired) electrons. The molecule has 0 unspecified atom stereocenters. The van der Waals surface area contributed by atoms with E-state index in [1.165, 1.54) is 25.0 Å². The van der Waals surface area contributed by atoms with Gasteiger partial charge in [-0.3, -0.25) is 4.90 Å². The lowest BCUT2D eigenvalue weighted by molar-refractivity contribution is 0.225. The standard InChI is InChI=1S/C18H25N3O2/c1-12-10-16(12)17-8-7-15(22-17)11-21(14-5-6-14)9-3-4-18-19-13(2)20-23-18/h7-8,12,14,16H,3-6,9-11H2,1-2H3/t12-,16-/m0/s1. The summed E-state index contributed by atoms with van der Waals surface area (Å²) in [5.41, 5.74) is 0. The molecular weight excluding hydrogens is 290 g/mol. The van der Waals surface area contributed by atoms with Gasteiger partial charge in [-0.2, -0.15) is 4.98 Å². The van der Waals surface area contributed by atoms with Gasteiger partial charge in [-0.15, -0.1) is 0 Å². The molecule has 0 N–H and O–H groups in total. The van der Waals surface area contributed by atoms with Gasteiger partial charge in [0.1, 0.15) is 11.5 Å². The summed E-state index contributed by atoms with van der Waals surface area (Å²) in [6.07, 6.45) is 5.81. The largest absolute Gasteiger partial charge is 0.464 e. The van der Waals surface area contributed by atoms with Crippen molar-refractivity contribution in [1.82, 2.24) is 15.0 Å². The second-order valence-corrected chi connectivity index (χ2v) is 7.16. The van der Waals surface area contributed by atoms with E-state index in [0.717, 1.165) is 55.4 Å². The smallest absolute Gasteiger partial charge is 0.226 e. The quantitative estimate of drug-likeness (QED) is 0.743. The van der Waals surface area contributed by atoms with E-state index in [9.17, 15) is 0 Å². The van der Waals surface area contributed by atoms with Crippen molar-refractivity contribution in [2.75, 3.05) is 6.54 Å². The fourth-order valence-corrected chi connectivity index (χ4v) is 3.30. The molecule has 5 nitrogen and oxygen atoms in total. The molecule has 0 saturated heterocycles. The highest BCUT2D eigenvalue weighted by Gasteiger charge is 2.37. The number of aryl methyl sites for hydroxylation is 2. The Hall–Kier alpha value is -1.62. The number of furan rings is 1. The number of aromatic nitrogens is 2. The summed E-state index contributed by atoms with van der Waals surface area (Å²) in [5.74, 6) is 5.23. The molecule has 2 heterocycles.